The minimum atomic E-state index is -0.454. The lowest BCUT2D eigenvalue weighted by Crippen LogP contribution is -2.22. The zero-order valence-electron chi connectivity index (χ0n) is 16.6. The van der Waals surface area contributed by atoms with Gasteiger partial charge in [-0.2, -0.15) is 0 Å². The molecule has 0 saturated carbocycles. The molecule has 0 bridgehead atoms. The average molecular weight is 401 g/mol. The molecule has 0 aliphatic carbocycles. The smallest absolute Gasteiger partial charge is 0.348 e. The number of methoxy groups -OCH3 is 2. The van der Waals surface area contributed by atoms with E-state index in [9.17, 15) is 9.59 Å². The van der Waals surface area contributed by atoms with Crippen molar-refractivity contribution in [2.24, 2.45) is 0 Å². The highest BCUT2D eigenvalue weighted by Gasteiger charge is 2.20. The molecule has 28 heavy (non-hydrogen) atoms. The molecule has 148 valence electrons. The zero-order valence-corrected chi connectivity index (χ0v) is 17.4. The number of ether oxygens (including phenoxy) is 2. The standard InChI is InChI=1S/C20H23N3O4S/c1-11-6-7-14(26-4)13(8-11)9-23(3)10-15-21-18(24)16-12(2)17(20(25)27-5)28-19(16)22-15/h6-8H,9-10H2,1-5H3,(H,21,22,24). The molecule has 0 amide bonds. The highest BCUT2D eigenvalue weighted by atomic mass is 32.1. The summed E-state index contributed by atoms with van der Waals surface area (Å²) in [6.45, 7) is 4.86. The third kappa shape index (κ3) is 3.93. The number of fused-ring (bicyclic) bond motifs is 1. The van der Waals surface area contributed by atoms with E-state index in [4.69, 9.17) is 9.47 Å². The number of nitrogens with one attached hydrogen (secondary N) is 1. The molecule has 2 heterocycles. The van der Waals surface area contributed by atoms with Gasteiger partial charge in [0.05, 0.1) is 26.2 Å². The van der Waals surface area contributed by atoms with Crippen molar-refractivity contribution in [2.75, 3.05) is 21.3 Å². The van der Waals surface area contributed by atoms with Gasteiger partial charge in [0.1, 0.15) is 21.3 Å². The number of aromatic amines is 1. The summed E-state index contributed by atoms with van der Waals surface area (Å²) in [5, 5.41) is 0.442. The fourth-order valence-corrected chi connectivity index (χ4v) is 4.30. The van der Waals surface area contributed by atoms with Crippen LogP contribution in [0, 0.1) is 13.8 Å². The first-order valence-electron chi connectivity index (χ1n) is 8.76. The van der Waals surface area contributed by atoms with Crippen LogP contribution in [-0.2, 0) is 17.8 Å². The van der Waals surface area contributed by atoms with Crippen molar-refractivity contribution in [3.63, 3.8) is 0 Å². The maximum absolute atomic E-state index is 12.6. The minimum Gasteiger partial charge on any atom is -0.496 e. The van der Waals surface area contributed by atoms with Crippen LogP contribution >= 0.6 is 11.3 Å². The SMILES string of the molecule is COC(=O)c1sc2nc(CN(C)Cc3cc(C)ccc3OC)[nH]c(=O)c2c1C. The van der Waals surface area contributed by atoms with Crippen LogP contribution in [0.15, 0.2) is 23.0 Å². The largest absolute Gasteiger partial charge is 0.496 e. The molecular formula is C20H23N3O4S. The Morgan fingerprint density at radius 3 is 2.68 bits per heavy atom. The first kappa shape index (κ1) is 20.0. The molecule has 0 fully saturated rings. The van der Waals surface area contributed by atoms with E-state index in [1.165, 1.54) is 18.4 Å². The molecule has 3 aromatic rings. The summed E-state index contributed by atoms with van der Waals surface area (Å²) < 4.78 is 10.2. The molecule has 2 aromatic heterocycles. The van der Waals surface area contributed by atoms with E-state index in [2.05, 4.69) is 16.0 Å². The van der Waals surface area contributed by atoms with E-state index in [-0.39, 0.29) is 5.56 Å². The minimum absolute atomic E-state index is 0.245. The number of thiophene rings is 1. The van der Waals surface area contributed by atoms with Gasteiger partial charge in [-0.15, -0.1) is 11.3 Å². The molecule has 0 aliphatic rings. The molecule has 0 aliphatic heterocycles. The normalized spacial score (nSPS) is 11.2. The Balaban J connectivity index is 1.87. The number of aryl methyl sites for hydroxylation is 2. The predicted molar refractivity (Wildman–Crippen MR) is 109 cm³/mol. The molecule has 0 atom stereocenters. The number of nitrogens with zero attached hydrogens (tertiary/aromatic N) is 2. The van der Waals surface area contributed by atoms with Crippen molar-refractivity contribution in [3.8, 4) is 5.75 Å². The van der Waals surface area contributed by atoms with Gasteiger partial charge in [0.2, 0.25) is 0 Å². The van der Waals surface area contributed by atoms with Crippen LogP contribution in [0.5, 0.6) is 5.75 Å². The molecule has 0 spiro atoms. The fraction of sp³-hybridized carbons (Fsp3) is 0.350. The number of carbonyl (C=O) groups is 1. The summed E-state index contributed by atoms with van der Waals surface area (Å²) in [7, 11) is 4.93. The lowest BCUT2D eigenvalue weighted by molar-refractivity contribution is 0.0605. The molecule has 0 radical (unpaired) electrons. The van der Waals surface area contributed by atoms with Crippen molar-refractivity contribution < 1.29 is 14.3 Å². The Kier molecular flexibility index (Phi) is 5.81. The Hall–Kier alpha value is -2.71. The van der Waals surface area contributed by atoms with Crippen molar-refractivity contribution in [1.29, 1.82) is 0 Å². The van der Waals surface area contributed by atoms with E-state index in [1.54, 1.807) is 14.0 Å². The van der Waals surface area contributed by atoms with Crippen LogP contribution in [0.3, 0.4) is 0 Å². The molecule has 0 unspecified atom stereocenters. The predicted octanol–water partition coefficient (Wildman–Crippen LogP) is 3.03. The Bertz CT molecular complexity index is 1090. The van der Waals surface area contributed by atoms with Crippen LogP contribution in [-0.4, -0.2) is 42.1 Å². The van der Waals surface area contributed by atoms with E-state index in [1.807, 2.05) is 31.0 Å². The molecular weight excluding hydrogens is 378 g/mol. The van der Waals surface area contributed by atoms with Gasteiger partial charge in [-0.25, -0.2) is 9.78 Å². The van der Waals surface area contributed by atoms with Crippen molar-refractivity contribution >= 4 is 27.5 Å². The first-order valence-corrected chi connectivity index (χ1v) is 9.58. The Morgan fingerprint density at radius 2 is 2.00 bits per heavy atom. The number of aromatic nitrogens is 2. The lowest BCUT2D eigenvalue weighted by Gasteiger charge is -2.18. The zero-order chi connectivity index (χ0) is 20.4. The number of benzene rings is 1. The van der Waals surface area contributed by atoms with E-state index >= 15 is 0 Å². The van der Waals surface area contributed by atoms with Gasteiger partial charge in [-0.05, 0) is 32.5 Å². The Morgan fingerprint density at radius 1 is 1.25 bits per heavy atom. The van der Waals surface area contributed by atoms with Gasteiger partial charge in [0.15, 0.2) is 0 Å². The number of H-pyrrole nitrogens is 1. The number of hydrogen-bond acceptors (Lipinski definition) is 7. The fourth-order valence-electron chi connectivity index (χ4n) is 3.18. The van der Waals surface area contributed by atoms with Crippen molar-refractivity contribution in [3.05, 3.63) is 55.9 Å². The number of rotatable bonds is 6. The first-order chi connectivity index (χ1) is 13.3. The second kappa shape index (κ2) is 8.12. The average Bonchev–Trinajstić information content (AvgIpc) is 2.98. The summed E-state index contributed by atoms with van der Waals surface area (Å²) in [6.07, 6.45) is 0. The van der Waals surface area contributed by atoms with Gasteiger partial charge in [0.25, 0.3) is 5.56 Å². The van der Waals surface area contributed by atoms with Crippen LogP contribution in [0.25, 0.3) is 10.2 Å². The molecule has 8 heteroatoms. The summed E-state index contributed by atoms with van der Waals surface area (Å²) in [5.41, 5.74) is 2.57. The molecule has 3 rings (SSSR count). The highest BCUT2D eigenvalue weighted by Crippen LogP contribution is 2.27. The van der Waals surface area contributed by atoms with Gasteiger partial charge >= 0.3 is 5.97 Å². The maximum Gasteiger partial charge on any atom is 0.348 e. The molecule has 1 aromatic carbocycles. The topological polar surface area (TPSA) is 84.5 Å². The molecule has 1 N–H and O–H groups in total. The summed E-state index contributed by atoms with van der Waals surface area (Å²) in [5.74, 6) is 0.917. The number of hydrogen-bond donors (Lipinski definition) is 1. The summed E-state index contributed by atoms with van der Waals surface area (Å²) in [6, 6.07) is 6.04. The van der Waals surface area contributed by atoms with Gasteiger partial charge in [-0.3, -0.25) is 9.69 Å². The van der Waals surface area contributed by atoms with Crippen molar-refractivity contribution in [1.82, 2.24) is 14.9 Å². The van der Waals surface area contributed by atoms with Crippen LogP contribution in [0.2, 0.25) is 0 Å². The van der Waals surface area contributed by atoms with E-state index in [0.29, 0.717) is 39.6 Å². The van der Waals surface area contributed by atoms with Crippen LogP contribution < -0.4 is 10.3 Å². The van der Waals surface area contributed by atoms with Crippen LogP contribution in [0.4, 0.5) is 0 Å². The van der Waals surface area contributed by atoms with Gasteiger partial charge in [0, 0.05) is 12.1 Å². The number of carbonyl (C=O) groups excluding carboxylic acids is 1. The van der Waals surface area contributed by atoms with Gasteiger partial charge < -0.3 is 14.5 Å². The monoisotopic (exact) mass is 401 g/mol. The molecule has 7 nitrogen and oxygen atoms in total. The van der Waals surface area contributed by atoms with E-state index in [0.717, 1.165) is 16.9 Å². The quantitative estimate of drug-likeness (QED) is 0.639. The second-order valence-electron chi connectivity index (χ2n) is 6.73. The van der Waals surface area contributed by atoms with E-state index < -0.39 is 5.97 Å². The Labute approximate surface area is 166 Å². The number of esters is 1. The third-order valence-electron chi connectivity index (χ3n) is 4.52. The second-order valence-corrected chi connectivity index (χ2v) is 7.73. The third-order valence-corrected chi connectivity index (χ3v) is 5.68. The van der Waals surface area contributed by atoms with Gasteiger partial charge in [-0.1, -0.05) is 17.7 Å². The highest BCUT2D eigenvalue weighted by molar-refractivity contribution is 7.20. The summed E-state index contributed by atoms with van der Waals surface area (Å²) >= 11 is 1.18. The van der Waals surface area contributed by atoms with Crippen molar-refractivity contribution in [2.45, 2.75) is 26.9 Å². The summed E-state index contributed by atoms with van der Waals surface area (Å²) in [4.78, 5) is 34.8. The molecule has 0 saturated heterocycles. The lowest BCUT2D eigenvalue weighted by atomic mass is 10.1. The maximum atomic E-state index is 12.6. The van der Waals surface area contributed by atoms with Crippen LogP contribution in [0.1, 0.15) is 32.2 Å².